The highest BCUT2D eigenvalue weighted by molar-refractivity contribution is 7.89. The Labute approximate surface area is 157 Å². The van der Waals surface area contributed by atoms with Gasteiger partial charge in [0.15, 0.2) is 0 Å². The Hall–Kier alpha value is -1.60. The highest BCUT2D eigenvalue weighted by Crippen LogP contribution is 2.22. The molecule has 0 spiro atoms. The van der Waals surface area contributed by atoms with Gasteiger partial charge in [-0.25, -0.2) is 12.7 Å². The quantitative estimate of drug-likeness (QED) is 0.771. The van der Waals surface area contributed by atoms with Crippen molar-refractivity contribution in [3.05, 3.63) is 63.6 Å². The summed E-state index contributed by atoms with van der Waals surface area (Å²) >= 11 is 12.0. The summed E-state index contributed by atoms with van der Waals surface area (Å²) in [6, 6.07) is 10.9. The average Bonchev–Trinajstić information content (AvgIpc) is 2.56. The lowest BCUT2D eigenvalue weighted by atomic mass is 10.1. The first-order valence-corrected chi connectivity index (χ1v) is 9.54. The lowest BCUT2D eigenvalue weighted by Gasteiger charge is -2.18. The first kappa shape index (κ1) is 19.7. The van der Waals surface area contributed by atoms with Crippen LogP contribution in [0, 0.1) is 0 Å². The van der Waals surface area contributed by atoms with Crippen LogP contribution in [0.2, 0.25) is 10.0 Å². The number of carbonyl (C=O) groups excluding carboxylic acids is 1. The molecule has 0 unspecified atom stereocenters. The molecule has 2 rings (SSSR count). The van der Waals surface area contributed by atoms with Crippen molar-refractivity contribution in [1.82, 2.24) is 9.21 Å². The number of benzene rings is 2. The van der Waals surface area contributed by atoms with Gasteiger partial charge in [-0.1, -0.05) is 29.3 Å². The summed E-state index contributed by atoms with van der Waals surface area (Å²) in [5.74, 6) is -0.236. The Kier molecular flexibility index (Phi) is 6.11. The molecule has 0 bridgehead atoms. The van der Waals surface area contributed by atoms with E-state index in [0.29, 0.717) is 22.2 Å². The summed E-state index contributed by atoms with van der Waals surface area (Å²) in [5.41, 5.74) is 1.17. The van der Waals surface area contributed by atoms with E-state index in [4.69, 9.17) is 23.2 Å². The van der Waals surface area contributed by atoms with Crippen LogP contribution in [0.5, 0.6) is 0 Å². The van der Waals surface area contributed by atoms with Gasteiger partial charge >= 0.3 is 0 Å². The van der Waals surface area contributed by atoms with Gasteiger partial charge in [0.1, 0.15) is 0 Å². The maximum absolute atomic E-state index is 12.5. The van der Waals surface area contributed by atoms with Crippen molar-refractivity contribution in [3.8, 4) is 0 Å². The van der Waals surface area contributed by atoms with Crippen LogP contribution in [-0.2, 0) is 16.6 Å². The van der Waals surface area contributed by atoms with Gasteiger partial charge in [0, 0.05) is 43.3 Å². The predicted octanol–water partition coefficient (Wildman–Crippen LogP) is 3.52. The molecule has 2 aromatic carbocycles. The maximum atomic E-state index is 12.5. The number of rotatable bonds is 5. The molecule has 5 nitrogen and oxygen atoms in total. The SMILES string of the molecule is CN(Cc1ccc(Cl)cc1Cl)C(=O)c1ccc(S(=O)(=O)N(C)C)cc1. The van der Waals surface area contributed by atoms with Crippen LogP contribution in [-0.4, -0.2) is 44.7 Å². The molecule has 0 saturated heterocycles. The van der Waals surface area contributed by atoms with Crippen molar-refractivity contribution in [2.45, 2.75) is 11.4 Å². The van der Waals surface area contributed by atoms with E-state index in [2.05, 4.69) is 0 Å². The first-order chi connectivity index (χ1) is 11.6. The smallest absolute Gasteiger partial charge is 0.253 e. The molecule has 0 heterocycles. The Morgan fingerprint density at radius 3 is 2.12 bits per heavy atom. The second-order valence-corrected chi connectivity index (χ2v) is 8.70. The van der Waals surface area contributed by atoms with Gasteiger partial charge < -0.3 is 4.90 Å². The zero-order valence-corrected chi connectivity index (χ0v) is 16.4. The van der Waals surface area contributed by atoms with Gasteiger partial charge in [0.05, 0.1) is 4.90 Å². The highest BCUT2D eigenvalue weighted by atomic mass is 35.5. The Morgan fingerprint density at radius 1 is 1.00 bits per heavy atom. The number of halogens is 2. The van der Waals surface area contributed by atoms with Gasteiger partial charge in [-0.2, -0.15) is 0 Å². The zero-order chi connectivity index (χ0) is 18.8. The number of carbonyl (C=O) groups is 1. The monoisotopic (exact) mass is 400 g/mol. The summed E-state index contributed by atoms with van der Waals surface area (Å²) in [6.07, 6.45) is 0. The summed E-state index contributed by atoms with van der Waals surface area (Å²) in [6.45, 7) is 0.312. The normalized spacial score (nSPS) is 11.6. The predicted molar refractivity (Wildman–Crippen MR) is 99.6 cm³/mol. The number of hydrogen-bond acceptors (Lipinski definition) is 3. The molecule has 0 aliphatic heterocycles. The van der Waals surface area contributed by atoms with E-state index in [9.17, 15) is 13.2 Å². The van der Waals surface area contributed by atoms with E-state index >= 15 is 0 Å². The minimum absolute atomic E-state index is 0.137. The fourth-order valence-corrected chi connectivity index (χ4v) is 3.55. The molecule has 0 fully saturated rings. The number of amides is 1. The first-order valence-electron chi connectivity index (χ1n) is 7.35. The summed E-state index contributed by atoms with van der Waals surface area (Å²) < 4.78 is 25.2. The van der Waals surface area contributed by atoms with E-state index in [0.717, 1.165) is 9.87 Å². The van der Waals surface area contributed by atoms with E-state index in [1.165, 1.54) is 43.3 Å². The Morgan fingerprint density at radius 2 is 1.60 bits per heavy atom. The molecule has 0 aliphatic rings. The molecule has 0 saturated carbocycles. The summed E-state index contributed by atoms with van der Waals surface area (Å²) in [5, 5.41) is 1.01. The Bertz CT molecular complexity index is 881. The van der Waals surface area contributed by atoms with Crippen LogP contribution >= 0.6 is 23.2 Å². The molecule has 0 aliphatic carbocycles. The van der Waals surface area contributed by atoms with Gasteiger partial charge in [0.2, 0.25) is 10.0 Å². The third-order valence-electron chi connectivity index (χ3n) is 3.65. The van der Waals surface area contributed by atoms with E-state index < -0.39 is 10.0 Å². The fraction of sp³-hybridized carbons (Fsp3) is 0.235. The molecule has 0 radical (unpaired) electrons. The summed E-state index contributed by atoms with van der Waals surface area (Å²) in [7, 11) is 1.04. The van der Waals surface area contributed by atoms with Crippen LogP contribution in [0.15, 0.2) is 47.4 Å². The van der Waals surface area contributed by atoms with Crippen molar-refractivity contribution >= 4 is 39.1 Å². The van der Waals surface area contributed by atoms with Crippen LogP contribution in [0.1, 0.15) is 15.9 Å². The van der Waals surface area contributed by atoms with Gasteiger partial charge in [-0.3, -0.25) is 4.79 Å². The fourth-order valence-electron chi connectivity index (χ4n) is 2.18. The van der Waals surface area contributed by atoms with E-state index in [1.54, 1.807) is 25.2 Å². The molecular formula is C17H18Cl2N2O3S. The van der Waals surface area contributed by atoms with Crippen molar-refractivity contribution in [2.75, 3.05) is 21.1 Å². The summed E-state index contributed by atoms with van der Waals surface area (Å²) in [4.78, 5) is 14.2. The zero-order valence-electron chi connectivity index (χ0n) is 14.0. The molecule has 134 valence electrons. The molecule has 0 atom stereocenters. The Balaban J connectivity index is 2.17. The van der Waals surface area contributed by atoms with Gasteiger partial charge in [-0.15, -0.1) is 0 Å². The number of hydrogen-bond donors (Lipinski definition) is 0. The maximum Gasteiger partial charge on any atom is 0.253 e. The minimum Gasteiger partial charge on any atom is -0.337 e. The van der Waals surface area contributed by atoms with Crippen LogP contribution < -0.4 is 0 Å². The number of sulfonamides is 1. The van der Waals surface area contributed by atoms with Crippen LogP contribution in [0.3, 0.4) is 0 Å². The second-order valence-electron chi connectivity index (χ2n) is 5.71. The van der Waals surface area contributed by atoms with Crippen molar-refractivity contribution in [1.29, 1.82) is 0 Å². The van der Waals surface area contributed by atoms with Crippen molar-refractivity contribution < 1.29 is 13.2 Å². The topological polar surface area (TPSA) is 57.7 Å². The third-order valence-corrected chi connectivity index (χ3v) is 6.07. The van der Waals surface area contributed by atoms with E-state index in [-0.39, 0.29) is 10.8 Å². The molecular weight excluding hydrogens is 383 g/mol. The minimum atomic E-state index is -3.52. The number of nitrogens with zero attached hydrogens (tertiary/aromatic N) is 2. The molecule has 8 heteroatoms. The molecule has 1 amide bonds. The van der Waals surface area contributed by atoms with Gasteiger partial charge in [0.25, 0.3) is 5.91 Å². The largest absolute Gasteiger partial charge is 0.337 e. The van der Waals surface area contributed by atoms with Crippen LogP contribution in [0.25, 0.3) is 0 Å². The highest BCUT2D eigenvalue weighted by Gasteiger charge is 2.19. The average molecular weight is 401 g/mol. The molecule has 0 N–H and O–H groups in total. The standard InChI is InChI=1S/C17H18Cl2N2O3S/c1-20(2)25(23,24)15-8-5-12(6-9-15)17(22)21(3)11-13-4-7-14(18)10-16(13)19/h4-10H,11H2,1-3H3. The van der Waals surface area contributed by atoms with Crippen LogP contribution in [0.4, 0.5) is 0 Å². The molecule has 0 aromatic heterocycles. The lowest BCUT2D eigenvalue weighted by Crippen LogP contribution is -2.26. The third kappa shape index (κ3) is 4.52. The van der Waals surface area contributed by atoms with E-state index in [1.807, 2.05) is 0 Å². The van der Waals surface area contributed by atoms with Gasteiger partial charge in [-0.05, 0) is 42.0 Å². The molecule has 25 heavy (non-hydrogen) atoms. The molecule has 2 aromatic rings. The second kappa shape index (κ2) is 7.74. The lowest BCUT2D eigenvalue weighted by molar-refractivity contribution is 0.0785. The van der Waals surface area contributed by atoms with Crippen molar-refractivity contribution in [2.24, 2.45) is 0 Å². The van der Waals surface area contributed by atoms with Crippen molar-refractivity contribution in [3.63, 3.8) is 0 Å².